The van der Waals surface area contributed by atoms with Crippen LogP contribution >= 0.6 is 31.9 Å². The molecule has 0 radical (unpaired) electrons. The lowest BCUT2D eigenvalue weighted by atomic mass is 10.1. The maximum atomic E-state index is 13.0. The quantitative estimate of drug-likeness (QED) is 0.754. The van der Waals surface area contributed by atoms with Crippen LogP contribution < -0.4 is 4.74 Å². The molecule has 2 rings (SSSR count). The molecule has 1 aliphatic rings. The summed E-state index contributed by atoms with van der Waals surface area (Å²) in [6.07, 6.45) is 1.93. The molecular formula is C10H9Br2FO. The fourth-order valence-corrected chi connectivity index (χ4v) is 2.71. The van der Waals surface area contributed by atoms with Gasteiger partial charge in [0.2, 0.25) is 0 Å². The highest BCUT2D eigenvalue weighted by atomic mass is 79.9. The van der Waals surface area contributed by atoms with Gasteiger partial charge in [0.25, 0.3) is 0 Å². The molecule has 0 aliphatic carbocycles. The second-order valence-corrected chi connectivity index (χ2v) is 4.94. The average Bonchev–Trinajstić information content (AvgIpc) is 2.48. The van der Waals surface area contributed by atoms with Crippen LogP contribution in [0.15, 0.2) is 16.6 Å². The summed E-state index contributed by atoms with van der Waals surface area (Å²) >= 11 is 6.67. The van der Waals surface area contributed by atoms with E-state index in [9.17, 15) is 4.39 Å². The van der Waals surface area contributed by atoms with E-state index in [1.54, 1.807) is 6.07 Å². The summed E-state index contributed by atoms with van der Waals surface area (Å²) in [5.74, 6) is 0.594. The van der Waals surface area contributed by atoms with Crippen LogP contribution in [0.25, 0.3) is 0 Å². The Kier molecular flexibility index (Phi) is 3.12. The number of benzene rings is 1. The Balaban J connectivity index is 2.26. The zero-order valence-corrected chi connectivity index (χ0v) is 10.6. The number of fused-ring (bicyclic) bond motifs is 1. The lowest BCUT2D eigenvalue weighted by Gasteiger charge is -2.08. The van der Waals surface area contributed by atoms with Crippen LogP contribution in [0.3, 0.4) is 0 Å². The van der Waals surface area contributed by atoms with Crippen molar-refractivity contribution in [2.75, 3.05) is 5.33 Å². The first-order valence-electron chi connectivity index (χ1n) is 4.41. The van der Waals surface area contributed by atoms with Gasteiger partial charge in [0, 0.05) is 17.3 Å². The fourth-order valence-electron chi connectivity index (χ4n) is 1.63. The molecule has 14 heavy (non-hydrogen) atoms. The molecule has 76 valence electrons. The smallest absolute Gasteiger partial charge is 0.137 e. The third-order valence-corrected chi connectivity index (χ3v) is 3.30. The Labute approximate surface area is 98.9 Å². The van der Waals surface area contributed by atoms with Crippen LogP contribution in [0.4, 0.5) is 4.39 Å². The number of halogens is 3. The molecule has 0 N–H and O–H groups in total. The minimum Gasteiger partial charge on any atom is -0.489 e. The van der Waals surface area contributed by atoms with Crippen molar-refractivity contribution in [2.24, 2.45) is 0 Å². The van der Waals surface area contributed by atoms with E-state index in [1.165, 1.54) is 6.07 Å². The molecule has 0 saturated carbocycles. The Bertz CT molecular complexity index is 354. The minimum absolute atomic E-state index is 0.183. The molecule has 1 unspecified atom stereocenters. The van der Waals surface area contributed by atoms with Gasteiger partial charge in [0.05, 0.1) is 4.47 Å². The van der Waals surface area contributed by atoms with Crippen molar-refractivity contribution in [1.82, 2.24) is 0 Å². The normalized spacial score (nSPS) is 19.2. The van der Waals surface area contributed by atoms with Crippen LogP contribution in [0.2, 0.25) is 0 Å². The second-order valence-electron chi connectivity index (χ2n) is 3.30. The van der Waals surface area contributed by atoms with Crippen molar-refractivity contribution in [1.29, 1.82) is 0 Å². The van der Waals surface area contributed by atoms with Gasteiger partial charge in [-0.2, -0.15) is 0 Å². The Morgan fingerprint density at radius 2 is 2.29 bits per heavy atom. The van der Waals surface area contributed by atoms with Gasteiger partial charge in [-0.3, -0.25) is 0 Å². The van der Waals surface area contributed by atoms with Gasteiger partial charge >= 0.3 is 0 Å². The summed E-state index contributed by atoms with van der Waals surface area (Å²) in [5.41, 5.74) is 0.961. The molecule has 1 aromatic rings. The maximum Gasteiger partial charge on any atom is 0.137 e. The van der Waals surface area contributed by atoms with Crippen molar-refractivity contribution in [3.8, 4) is 5.75 Å². The van der Waals surface area contributed by atoms with E-state index in [-0.39, 0.29) is 11.9 Å². The van der Waals surface area contributed by atoms with Crippen molar-refractivity contribution >= 4 is 31.9 Å². The van der Waals surface area contributed by atoms with E-state index in [0.29, 0.717) is 4.47 Å². The lowest BCUT2D eigenvalue weighted by molar-refractivity contribution is 0.229. The lowest BCUT2D eigenvalue weighted by Crippen LogP contribution is -2.12. The molecule has 1 atom stereocenters. The SMILES string of the molecule is Fc1cc(Br)c2c(c1)CC(CCBr)O2. The number of ether oxygens (including phenoxy) is 1. The van der Waals surface area contributed by atoms with Gasteiger partial charge in [0.15, 0.2) is 0 Å². The Morgan fingerprint density at radius 1 is 1.50 bits per heavy atom. The highest BCUT2D eigenvalue weighted by molar-refractivity contribution is 9.10. The van der Waals surface area contributed by atoms with Crippen LogP contribution in [-0.2, 0) is 6.42 Å². The predicted molar refractivity (Wildman–Crippen MR) is 60.6 cm³/mol. The molecule has 1 aliphatic heterocycles. The molecule has 0 aromatic heterocycles. The summed E-state index contributed by atoms with van der Waals surface area (Å²) in [7, 11) is 0. The van der Waals surface area contributed by atoms with Gasteiger partial charge in [-0.1, -0.05) is 15.9 Å². The van der Waals surface area contributed by atoms with Crippen LogP contribution in [-0.4, -0.2) is 11.4 Å². The monoisotopic (exact) mass is 322 g/mol. The topological polar surface area (TPSA) is 9.23 Å². The molecule has 0 fully saturated rings. The molecule has 0 bridgehead atoms. The predicted octanol–water partition coefficient (Wildman–Crippen LogP) is 3.68. The van der Waals surface area contributed by atoms with Gasteiger partial charge in [-0.05, 0) is 34.5 Å². The minimum atomic E-state index is -0.210. The Morgan fingerprint density at radius 3 is 3.00 bits per heavy atom. The number of hydrogen-bond donors (Lipinski definition) is 0. The fraction of sp³-hybridized carbons (Fsp3) is 0.400. The van der Waals surface area contributed by atoms with E-state index in [1.807, 2.05) is 0 Å². The summed E-state index contributed by atoms with van der Waals surface area (Å²) in [5, 5.41) is 0.908. The van der Waals surface area contributed by atoms with Crippen LogP contribution in [0, 0.1) is 5.82 Å². The van der Waals surface area contributed by atoms with Crippen LogP contribution in [0.5, 0.6) is 5.75 Å². The first-order valence-corrected chi connectivity index (χ1v) is 6.32. The summed E-state index contributed by atoms with van der Waals surface area (Å²) in [4.78, 5) is 0. The van der Waals surface area contributed by atoms with Crippen molar-refractivity contribution < 1.29 is 9.13 Å². The summed E-state index contributed by atoms with van der Waals surface area (Å²) in [6.45, 7) is 0. The third-order valence-electron chi connectivity index (χ3n) is 2.25. The molecule has 1 nitrogen and oxygen atoms in total. The van der Waals surface area contributed by atoms with Crippen molar-refractivity contribution in [3.63, 3.8) is 0 Å². The molecular weight excluding hydrogens is 315 g/mol. The van der Waals surface area contributed by atoms with Gasteiger partial charge in [-0.25, -0.2) is 4.39 Å². The van der Waals surface area contributed by atoms with Crippen molar-refractivity contribution in [3.05, 3.63) is 28.0 Å². The molecule has 4 heteroatoms. The molecule has 1 heterocycles. The molecule has 1 aromatic carbocycles. The highest BCUT2D eigenvalue weighted by Gasteiger charge is 2.24. The second kappa shape index (κ2) is 4.19. The van der Waals surface area contributed by atoms with E-state index in [4.69, 9.17) is 4.74 Å². The zero-order chi connectivity index (χ0) is 10.1. The number of rotatable bonds is 2. The maximum absolute atomic E-state index is 13.0. The van der Waals surface area contributed by atoms with E-state index in [2.05, 4.69) is 31.9 Å². The molecule has 0 amide bonds. The van der Waals surface area contributed by atoms with Crippen LogP contribution in [0.1, 0.15) is 12.0 Å². The highest BCUT2D eigenvalue weighted by Crippen LogP contribution is 2.37. The van der Waals surface area contributed by atoms with Gasteiger partial charge in [0.1, 0.15) is 17.7 Å². The first kappa shape index (κ1) is 10.4. The Hall–Kier alpha value is -0.0900. The zero-order valence-electron chi connectivity index (χ0n) is 7.40. The van der Waals surface area contributed by atoms with E-state index >= 15 is 0 Å². The van der Waals surface area contributed by atoms with Gasteiger partial charge < -0.3 is 4.74 Å². The number of hydrogen-bond acceptors (Lipinski definition) is 1. The first-order chi connectivity index (χ1) is 6.70. The average molecular weight is 324 g/mol. The molecule has 0 spiro atoms. The standard InChI is InChI=1S/C10H9Br2FO/c11-2-1-8-4-6-3-7(13)5-9(12)10(6)14-8/h3,5,8H,1-2,4H2. The molecule has 0 saturated heterocycles. The van der Waals surface area contributed by atoms with Gasteiger partial charge in [-0.15, -0.1) is 0 Å². The van der Waals surface area contributed by atoms with Crippen molar-refractivity contribution in [2.45, 2.75) is 18.9 Å². The summed E-state index contributed by atoms with van der Waals surface area (Å²) < 4.78 is 19.4. The van der Waals surface area contributed by atoms with E-state index < -0.39 is 0 Å². The number of alkyl halides is 1. The summed E-state index contributed by atoms with van der Waals surface area (Å²) in [6, 6.07) is 2.99. The largest absolute Gasteiger partial charge is 0.489 e. The van der Waals surface area contributed by atoms with E-state index in [0.717, 1.165) is 29.5 Å². The third kappa shape index (κ3) is 1.96.